The number of carbonyl (C=O) groups is 1. The molecule has 172 valence electrons. The van der Waals surface area contributed by atoms with Crippen LogP contribution in [0.5, 0.6) is 17.2 Å². The van der Waals surface area contributed by atoms with Crippen molar-refractivity contribution >= 4 is 34.6 Å². The van der Waals surface area contributed by atoms with Crippen molar-refractivity contribution in [2.45, 2.75) is 6.61 Å². The number of hydrogen-bond acceptors (Lipinski definition) is 6. The first-order valence-corrected chi connectivity index (χ1v) is 10.8. The largest absolute Gasteiger partial charge is 0.493 e. The number of ether oxygens (including phenoxy) is 3. The Hall–Kier alpha value is -4.10. The van der Waals surface area contributed by atoms with Crippen molar-refractivity contribution in [3.63, 3.8) is 0 Å². The summed E-state index contributed by atoms with van der Waals surface area (Å²) in [4.78, 5) is 16.4. The lowest BCUT2D eigenvalue weighted by Gasteiger charge is -2.11. The summed E-state index contributed by atoms with van der Waals surface area (Å²) >= 11 is 5.91. The van der Waals surface area contributed by atoms with Gasteiger partial charge in [-0.05, 0) is 53.6 Å². The van der Waals surface area contributed by atoms with Gasteiger partial charge in [-0.3, -0.25) is 9.78 Å². The maximum Gasteiger partial charge on any atom is 0.277 e. The number of benzene rings is 3. The highest BCUT2D eigenvalue weighted by molar-refractivity contribution is 6.30. The van der Waals surface area contributed by atoms with E-state index in [4.69, 9.17) is 25.8 Å². The van der Waals surface area contributed by atoms with Gasteiger partial charge in [0, 0.05) is 16.6 Å². The fourth-order valence-corrected chi connectivity index (χ4v) is 3.30. The summed E-state index contributed by atoms with van der Waals surface area (Å²) in [6, 6.07) is 22.1. The highest BCUT2D eigenvalue weighted by Gasteiger charge is 2.08. The molecule has 1 N–H and O–H groups in total. The number of para-hydroxylation sites is 1. The van der Waals surface area contributed by atoms with Crippen LogP contribution in [0.15, 0.2) is 84.1 Å². The molecule has 1 heterocycles. The van der Waals surface area contributed by atoms with E-state index in [-0.39, 0.29) is 12.5 Å². The molecule has 34 heavy (non-hydrogen) atoms. The number of methoxy groups -OCH3 is 1. The Morgan fingerprint density at radius 2 is 1.82 bits per heavy atom. The molecule has 0 atom stereocenters. The fraction of sp³-hybridized carbons (Fsp3) is 0.115. The molecule has 0 spiro atoms. The van der Waals surface area contributed by atoms with Crippen LogP contribution in [0, 0.1) is 0 Å². The van der Waals surface area contributed by atoms with Gasteiger partial charge in [0.1, 0.15) is 17.9 Å². The van der Waals surface area contributed by atoms with Crippen molar-refractivity contribution in [3.8, 4) is 17.2 Å². The lowest BCUT2D eigenvalue weighted by molar-refractivity contribution is -0.123. The molecule has 4 aromatic rings. The molecule has 0 aliphatic heterocycles. The molecule has 3 aromatic carbocycles. The zero-order valence-corrected chi connectivity index (χ0v) is 19.2. The Labute approximate surface area is 201 Å². The van der Waals surface area contributed by atoms with Gasteiger partial charge in [0.05, 0.1) is 13.3 Å². The van der Waals surface area contributed by atoms with Gasteiger partial charge in [-0.15, -0.1) is 0 Å². The fourth-order valence-electron chi connectivity index (χ4n) is 3.17. The molecule has 0 aliphatic carbocycles. The van der Waals surface area contributed by atoms with Crippen LogP contribution in [-0.4, -0.2) is 30.8 Å². The van der Waals surface area contributed by atoms with Gasteiger partial charge < -0.3 is 14.2 Å². The molecular weight excluding hydrogens is 454 g/mol. The predicted molar refractivity (Wildman–Crippen MR) is 132 cm³/mol. The average molecular weight is 476 g/mol. The van der Waals surface area contributed by atoms with E-state index in [0.717, 1.165) is 16.5 Å². The number of aromatic nitrogens is 1. The number of hydrogen-bond donors (Lipinski definition) is 1. The van der Waals surface area contributed by atoms with Crippen LogP contribution < -0.4 is 19.6 Å². The number of hydrazone groups is 1. The van der Waals surface area contributed by atoms with Crippen molar-refractivity contribution in [1.82, 2.24) is 10.4 Å². The highest BCUT2D eigenvalue weighted by Crippen LogP contribution is 2.28. The summed E-state index contributed by atoms with van der Waals surface area (Å²) in [7, 11) is 1.56. The highest BCUT2D eigenvalue weighted by atomic mass is 35.5. The van der Waals surface area contributed by atoms with Gasteiger partial charge in [-0.25, -0.2) is 5.43 Å². The second-order valence-corrected chi connectivity index (χ2v) is 7.67. The molecule has 1 aromatic heterocycles. The lowest BCUT2D eigenvalue weighted by atomic mass is 10.2. The van der Waals surface area contributed by atoms with Gasteiger partial charge in [-0.1, -0.05) is 41.9 Å². The molecule has 1 amide bonds. The molecule has 8 heteroatoms. The Kier molecular flexibility index (Phi) is 7.57. The molecule has 4 rings (SSSR count). The van der Waals surface area contributed by atoms with Crippen LogP contribution in [0.3, 0.4) is 0 Å². The van der Waals surface area contributed by atoms with Crippen molar-refractivity contribution in [2.75, 3.05) is 13.7 Å². The zero-order valence-electron chi connectivity index (χ0n) is 18.4. The SMILES string of the molecule is COc1cc(/C=N/NC(=O)COc2cccc3cccnc23)ccc1OCc1ccc(Cl)cc1. The minimum atomic E-state index is -0.390. The number of fused-ring (bicyclic) bond motifs is 1. The first-order chi connectivity index (χ1) is 16.6. The van der Waals surface area contributed by atoms with E-state index in [1.807, 2.05) is 54.6 Å². The summed E-state index contributed by atoms with van der Waals surface area (Å²) in [5.74, 6) is 1.29. The summed E-state index contributed by atoms with van der Waals surface area (Å²) < 4.78 is 16.9. The minimum Gasteiger partial charge on any atom is -0.493 e. The maximum absolute atomic E-state index is 12.1. The van der Waals surface area contributed by atoms with Crippen molar-refractivity contribution < 1.29 is 19.0 Å². The Balaban J connectivity index is 1.31. The second-order valence-electron chi connectivity index (χ2n) is 7.24. The number of rotatable bonds is 9. The van der Waals surface area contributed by atoms with E-state index in [2.05, 4.69) is 15.5 Å². The quantitative estimate of drug-likeness (QED) is 0.272. The zero-order chi connectivity index (χ0) is 23.8. The normalized spacial score (nSPS) is 10.9. The van der Waals surface area contributed by atoms with Gasteiger partial charge >= 0.3 is 0 Å². The Morgan fingerprint density at radius 1 is 1.00 bits per heavy atom. The number of amides is 1. The number of halogens is 1. The van der Waals surface area contributed by atoms with Crippen molar-refractivity contribution in [1.29, 1.82) is 0 Å². The van der Waals surface area contributed by atoms with Crippen LogP contribution in [-0.2, 0) is 11.4 Å². The van der Waals surface area contributed by atoms with E-state index < -0.39 is 0 Å². The monoisotopic (exact) mass is 475 g/mol. The standard InChI is InChI=1S/C26H22ClN3O4/c1-32-24-14-19(9-12-22(24)33-16-18-7-10-21(27)11-8-18)15-29-30-25(31)17-34-23-6-2-4-20-5-3-13-28-26(20)23/h2-15H,16-17H2,1H3,(H,30,31)/b29-15+. The van der Waals surface area contributed by atoms with E-state index in [1.54, 1.807) is 31.5 Å². The van der Waals surface area contributed by atoms with Crippen molar-refractivity contribution in [3.05, 3.63) is 95.1 Å². The molecule has 0 unspecified atom stereocenters. The molecule has 0 saturated carbocycles. The summed E-state index contributed by atoms with van der Waals surface area (Å²) in [5.41, 5.74) is 4.87. The molecule has 0 bridgehead atoms. The Bertz CT molecular complexity index is 1300. The molecule has 7 nitrogen and oxygen atoms in total. The maximum atomic E-state index is 12.1. The topological polar surface area (TPSA) is 82.0 Å². The van der Waals surface area contributed by atoms with E-state index in [1.165, 1.54) is 6.21 Å². The number of carbonyl (C=O) groups excluding carboxylic acids is 1. The summed E-state index contributed by atoms with van der Waals surface area (Å²) in [6.07, 6.45) is 3.20. The van der Waals surface area contributed by atoms with Gasteiger partial charge in [0.2, 0.25) is 0 Å². The second kappa shape index (κ2) is 11.2. The van der Waals surface area contributed by atoms with Gasteiger partial charge in [-0.2, -0.15) is 5.10 Å². The molecule has 0 fully saturated rings. The molecular formula is C26H22ClN3O4. The third kappa shape index (κ3) is 6.02. The number of nitrogens with zero attached hydrogens (tertiary/aromatic N) is 2. The predicted octanol–water partition coefficient (Wildman–Crippen LogP) is 5.00. The van der Waals surface area contributed by atoms with Crippen LogP contribution in [0.4, 0.5) is 0 Å². The minimum absolute atomic E-state index is 0.187. The van der Waals surface area contributed by atoms with E-state index >= 15 is 0 Å². The third-order valence-corrected chi connectivity index (χ3v) is 5.10. The van der Waals surface area contributed by atoms with Crippen LogP contribution in [0.2, 0.25) is 5.02 Å². The third-order valence-electron chi connectivity index (χ3n) is 4.85. The summed E-state index contributed by atoms with van der Waals surface area (Å²) in [5, 5.41) is 5.61. The summed E-state index contributed by atoms with van der Waals surface area (Å²) in [6.45, 7) is 0.192. The van der Waals surface area contributed by atoms with Gasteiger partial charge in [0.15, 0.2) is 18.1 Å². The number of pyridine rings is 1. The van der Waals surface area contributed by atoms with E-state index in [0.29, 0.717) is 34.4 Å². The smallest absolute Gasteiger partial charge is 0.277 e. The molecule has 0 radical (unpaired) electrons. The molecule has 0 saturated heterocycles. The van der Waals surface area contributed by atoms with Crippen LogP contribution >= 0.6 is 11.6 Å². The van der Waals surface area contributed by atoms with Crippen LogP contribution in [0.1, 0.15) is 11.1 Å². The first-order valence-electron chi connectivity index (χ1n) is 10.5. The molecule has 0 aliphatic rings. The number of nitrogens with one attached hydrogen (secondary N) is 1. The van der Waals surface area contributed by atoms with Crippen molar-refractivity contribution in [2.24, 2.45) is 5.10 Å². The Morgan fingerprint density at radius 3 is 2.65 bits per heavy atom. The average Bonchev–Trinajstić information content (AvgIpc) is 2.87. The van der Waals surface area contributed by atoms with Crippen LogP contribution in [0.25, 0.3) is 10.9 Å². The van der Waals surface area contributed by atoms with E-state index in [9.17, 15) is 4.79 Å². The van der Waals surface area contributed by atoms with Gasteiger partial charge in [0.25, 0.3) is 5.91 Å². The first kappa shape index (κ1) is 23.1. The lowest BCUT2D eigenvalue weighted by Crippen LogP contribution is -2.24.